The summed E-state index contributed by atoms with van der Waals surface area (Å²) < 4.78 is 10.9. The number of piperidine rings is 1. The fourth-order valence-electron chi connectivity index (χ4n) is 3.44. The van der Waals surface area contributed by atoms with Gasteiger partial charge in [-0.2, -0.15) is 4.98 Å². The molecule has 150 valence electrons. The molecule has 2 amide bonds. The smallest absolute Gasteiger partial charge is 0.321 e. The van der Waals surface area contributed by atoms with Crippen molar-refractivity contribution < 1.29 is 14.1 Å². The number of hydrogen-bond acceptors (Lipinski definition) is 5. The number of aromatic nitrogens is 2. The summed E-state index contributed by atoms with van der Waals surface area (Å²) in [7, 11) is 0. The van der Waals surface area contributed by atoms with Crippen molar-refractivity contribution in [3.05, 3.63) is 60.5 Å². The maximum atomic E-state index is 12.5. The Hall–Kier alpha value is -3.35. The molecule has 7 nitrogen and oxygen atoms in total. The van der Waals surface area contributed by atoms with E-state index in [2.05, 4.69) is 15.5 Å². The van der Waals surface area contributed by atoms with Crippen molar-refractivity contribution in [3.8, 4) is 17.1 Å². The number of anilines is 1. The first-order valence-corrected chi connectivity index (χ1v) is 9.90. The minimum Gasteiger partial charge on any atom is -0.494 e. The van der Waals surface area contributed by atoms with Crippen molar-refractivity contribution in [1.29, 1.82) is 0 Å². The zero-order valence-electron chi connectivity index (χ0n) is 16.4. The molecule has 1 aliphatic heterocycles. The highest BCUT2D eigenvalue weighted by molar-refractivity contribution is 5.89. The van der Waals surface area contributed by atoms with Gasteiger partial charge in [0.15, 0.2) is 0 Å². The van der Waals surface area contributed by atoms with Crippen LogP contribution >= 0.6 is 0 Å². The second kappa shape index (κ2) is 8.77. The average molecular weight is 392 g/mol. The lowest BCUT2D eigenvalue weighted by atomic mass is 9.97. The van der Waals surface area contributed by atoms with Crippen LogP contribution in [0.4, 0.5) is 10.5 Å². The number of rotatable bonds is 5. The Balaban J connectivity index is 1.31. The van der Waals surface area contributed by atoms with E-state index in [1.807, 2.05) is 66.4 Å². The molecular formula is C22H24N4O3. The standard InChI is InChI=1S/C22H24N4O3/c1-2-28-19-10-8-18(9-11-19)23-22(27)26-14-12-17(13-15-26)21-24-20(25-29-21)16-6-4-3-5-7-16/h3-11,17H,2,12-15H2,1H3,(H,23,27). The molecule has 1 aromatic heterocycles. The first kappa shape index (κ1) is 19.0. The van der Waals surface area contributed by atoms with Crippen LogP contribution in [0.25, 0.3) is 11.4 Å². The Morgan fingerprint density at radius 3 is 2.55 bits per heavy atom. The van der Waals surface area contributed by atoms with Crippen molar-refractivity contribution in [2.24, 2.45) is 0 Å². The van der Waals surface area contributed by atoms with Crippen molar-refractivity contribution >= 4 is 11.7 Å². The summed E-state index contributed by atoms with van der Waals surface area (Å²) in [5, 5.41) is 7.04. The van der Waals surface area contributed by atoms with Crippen LogP contribution in [0.15, 0.2) is 59.1 Å². The molecule has 0 saturated carbocycles. The third kappa shape index (κ3) is 4.56. The number of benzene rings is 2. The van der Waals surface area contributed by atoms with Gasteiger partial charge in [-0.05, 0) is 44.0 Å². The van der Waals surface area contributed by atoms with E-state index < -0.39 is 0 Å². The van der Waals surface area contributed by atoms with Gasteiger partial charge in [0, 0.05) is 30.3 Å². The van der Waals surface area contributed by atoms with Crippen LogP contribution in [0, 0.1) is 0 Å². The Bertz CT molecular complexity index is 932. The van der Waals surface area contributed by atoms with E-state index in [4.69, 9.17) is 9.26 Å². The van der Waals surface area contributed by atoms with Crippen molar-refractivity contribution in [1.82, 2.24) is 15.0 Å². The van der Waals surface area contributed by atoms with E-state index >= 15 is 0 Å². The van der Waals surface area contributed by atoms with Gasteiger partial charge < -0.3 is 19.5 Å². The van der Waals surface area contributed by atoms with Gasteiger partial charge in [-0.25, -0.2) is 4.79 Å². The lowest BCUT2D eigenvalue weighted by molar-refractivity contribution is 0.187. The van der Waals surface area contributed by atoms with Crippen molar-refractivity contribution in [2.45, 2.75) is 25.7 Å². The summed E-state index contributed by atoms with van der Waals surface area (Å²) in [6, 6.07) is 17.1. The highest BCUT2D eigenvalue weighted by Gasteiger charge is 2.27. The van der Waals surface area contributed by atoms with Gasteiger partial charge in [0.05, 0.1) is 6.61 Å². The van der Waals surface area contributed by atoms with Gasteiger partial charge >= 0.3 is 6.03 Å². The predicted molar refractivity (Wildman–Crippen MR) is 110 cm³/mol. The molecule has 0 unspecified atom stereocenters. The lowest BCUT2D eigenvalue weighted by Crippen LogP contribution is -2.40. The second-order valence-electron chi connectivity index (χ2n) is 6.97. The Labute approximate surface area is 169 Å². The Kier molecular flexibility index (Phi) is 5.74. The highest BCUT2D eigenvalue weighted by atomic mass is 16.5. The molecule has 0 bridgehead atoms. The van der Waals surface area contributed by atoms with Gasteiger partial charge in [-0.15, -0.1) is 0 Å². The quantitative estimate of drug-likeness (QED) is 0.689. The van der Waals surface area contributed by atoms with Gasteiger partial charge in [0.2, 0.25) is 11.7 Å². The lowest BCUT2D eigenvalue weighted by Gasteiger charge is -2.30. The third-order valence-corrected chi connectivity index (χ3v) is 5.02. The molecule has 2 aromatic carbocycles. The number of carbonyl (C=O) groups excluding carboxylic acids is 1. The van der Waals surface area contributed by atoms with Crippen LogP contribution in [0.1, 0.15) is 31.6 Å². The molecule has 3 aromatic rings. The summed E-state index contributed by atoms with van der Waals surface area (Å²) in [5.41, 5.74) is 1.69. The number of nitrogens with one attached hydrogen (secondary N) is 1. The van der Waals surface area contributed by atoms with Crippen LogP contribution in [-0.4, -0.2) is 40.8 Å². The number of nitrogens with zero attached hydrogens (tertiary/aromatic N) is 3. The molecule has 0 spiro atoms. The topological polar surface area (TPSA) is 80.5 Å². The zero-order chi connectivity index (χ0) is 20.1. The van der Waals surface area contributed by atoms with Crippen LogP contribution in [-0.2, 0) is 0 Å². The SMILES string of the molecule is CCOc1ccc(NC(=O)N2CCC(c3nc(-c4ccccc4)no3)CC2)cc1. The fourth-order valence-corrected chi connectivity index (χ4v) is 3.44. The first-order chi connectivity index (χ1) is 14.2. The van der Waals surface area contributed by atoms with E-state index in [1.54, 1.807) is 0 Å². The van der Waals surface area contributed by atoms with Crippen molar-refractivity contribution in [2.75, 3.05) is 25.0 Å². The number of amides is 2. The maximum Gasteiger partial charge on any atom is 0.321 e. The summed E-state index contributed by atoms with van der Waals surface area (Å²) in [6.45, 7) is 3.86. The van der Waals surface area contributed by atoms with E-state index in [0.29, 0.717) is 31.4 Å². The molecule has 29 heavy (non-hydrogen) atoms. The summed E-state index contributed by atoms with van der Waals surface area (Å²) >= 11 is 0. The number of carbonyl (C=O) groups is 1. The molecule has 1 fully saturated rings. The van der Waals surface area contributed by atoms with E-state index in [9.17, 15) is 4.79 Å². The largest absolute Gasteiger partial charge is 0.494 e. The van der Waals surface area contributed by atoms with Crippen LogP contribution < -0.4 is 10.1 Å². The molecule has 1 saturated heterocycles. The fraction of sp³-hybridized carbons (Fsp3) is 0.318. The minimum absolute atomic E-state index is 0.0943. The van der Waals surface area contributed by atoms with Crippen molar-refractivity contribution in [3.63, 3.8) is 0 Å². The van der Waals surface area contributed by atoms with Crippen LogP contribution in [0.2, 0.25) is 0 Å². The van der Waals surface area contributed by atoms with Gasteiger partial charge in [-0.3, -0.25) is 0 Å². The molecule has 4 rings (SSSR count). The number of ether oxygens (including phenoxy) is 1. The highest BCUT2D eigenvalue weighted by Crippen LogP contribution is 2.29. The molecule has 0 atom stereocenters. The van der Waals surface area contributed by atoms with E-state index in [0.717, 1.165) is 29.8 Å². The molecule has 1 N–H and O–H groups in total. The molecule has 0 aliphatic carbocycles. The molecule has 7 heteroatoms. The van der Waals surface area contributed by atoms with Crippen LogP contribution in [0.3, 0.4) is 0 Å². The third-order valence-electron chi connectivity index (χ3n) is 5.02. The van der Waals surface area contributed by atoms with Gasteiger partial charge in [0.25, 0.3) is 0 Å². The molecule has 2 heterocycles. The zero-order valence-corrected chi connectivity index (χ0v) is 16.4. The Morgan fingerprint density at radius 1 is 1.14 bits per heavy atom. The monoisotopic (exact) mass is 392 g/mol. The Morgan fingerprint density at radius 2 is 1.86 bits per heavy atom. The summed E-state index contributed by atoms with van der Waals surface area (Å²) in [5.74, 6) is 2.22. The normalized spacial score (nSPS) is 14.6. The van der Waals surface area contributed by atoms with Crippen LogP contribution in [0.5, 0.6) is 5.75 Å². The van der Waals surface area contributed by atoms with Gasteiger partial charge in [0.1, 0.15) is 5.75 Å². The predicted octanol–water partition coefficient (Wildman–Crippen LogP) is 4.55. The molecule has 0 radical (unpaired) electrons. The van der Waals surface area contributed by atoms with Gasteiger partial charge in [-0.1, -0.05) is 35.5 Å². The number of likely N-dealkylation sites (tertiary alicyclic amines) is 1. The first-order valence-electron chi connectivity index (χ1n) is 9.90. The van der Waals surface area contributed by atoms with E-state index in [1.165, 1.54) is 0 Å². The molecule has 1 aliphatic rings. The summed E-state index contributed by atoms with van der Waals surface area (Å²) in [4.78, 5) is 18.9. The second-order valence-corrected chi connectivity index (χ2v) is 6.97. The van der Waals surface area contributed by atoms with E-state index in [-0.39, 0.29) is 11.9 Å². The summed E-state index contributed by atoms with van der Waals surface area (Å²) in [6.07, 6.45) is 1.60. The number of hydrogen-bond donors (Lipinski definition) is 1. The average Bonchev–Trinajstić information content (AvgIpc) is 3.26. The number of urea groups is 1. The maximum absolute atomic E-state index is 12.5. The molecular weight excluding hydrogens is 368 g/mol. The minimum atomic E-state index is -0.0943.